The fourth-order valence-electron chi connectivity index (χ4n) is 0.925. The lowest BCUT2D eigenvalue weighted by Crippen LogP contribution is -1.85. The minimum atomic E-state index is 0.153. The molecule has 1 aromatic rings. The molecule has 0 aliphatic rings. The first kappa shape index (κ1) is 10.3. The van der Waals surface area contributed by atoms with Crippen LogP contribution in [0.25, 0.3) is 5.76 Å². The van der Waals surface area contributed by atoms with Crippen LogP contribution in [0, 0.1) is 6.92 Å². The van der Waals surface area contributed by atoms with Gasteiger partial charge in [0.1, 0.15) is 5.76 Å². The normalized spacial score (nSPS) is 11.4. The Labute approximate surface area is 88.5 Å². The average Bonchev–Trinajstić information content (AvgIpc) is 2.04. The number of rotatable bonds is 2. The minimum absolute atomic E-state index is 0.153. The van der Waals surface area contributed by atoms with E-state index in [1.165, 1.54) is 6.08 Å². The second-order valence-corrected chi connectivity index (χ2v) is 3.96. The molecule has 1 aromatic carbocycles. The molecule has 1 nitrogen and oxygen atoms in total. The molecule has 0 heterocycles. The van der Waals surface area contributed by atoms with Crippen molar-refractivity contribution in [1.82, 2.24) is 0 Å². The Bertz CT molecular complexity index is 338. The van der Waals surface area contributed by atoms with Crippen LogP contribution in [-0.4, -0.2) is 9.30 Å². The molecule has 0 unspecified atom stereocenters. The Morgan fingerprint density at radius 3 is 2.38 bits per heavy atom. The van der Waals surface area contributed by atoms with Crippen LogP contribution in [0.15, 0.2) is 30.3 Å². The first-order valence-electron chi connectivity index (χ1n) is 3.80. The van der Waals surface area contributed by atoms with E-state index in [0.717, 1.165) is 11.1 Å². The van der Waals surface area contributed by atoms with E-state index in [0.29, 0.717) is 4.20 Å². The van der Waals surface area contributed by atoms with Crippen LogP contribution in [0.3, 0.4) is 0 Å². The lowest BCUT2D eigenvalue weighted by molar-refractivity contribution is 0.512. The Kier molecular flexibility index (Phi) is 3.51. The molecule has 0 radical (unpaired) electrons. The van der Waals surface area contributed by atoms with E-state index in [2.05, 4.69) is 12.6 Å². The van der Waals surface area contributed by atoms with E-state index in [9.17, 15) is 5.11 Å². The highest BCUT2D eigenvalue weighted by molar-refractivity contribution is 8.11. The van der Waals surface area contributed by atoms with Crippen LogP contribution >= 0.6 is 24.8 Å². The van der Waals surface area contributed by atoms with Gasteiger partial charge >= 0.3 is 0 Å². The SMILES string of the molecule is Cc1ccc(/C(O)=C/C(=S)S)cc1. The zero-order chi connectivity index (χ0) is 9.84. The van der Waals surface area contributed by atoms with Crippen LogP contribution < -0.4 is 0 Å². The third kappa shape index (κ3) is 3.20. The third-order valence-electron chi connectivity index (χ3n) is 1.61. The van der Waals surface area contributed by atoms with Gasteiger partial charge in [0.15, 0.2) is 0 Å². The summed E-state index contributed by atoms with van der Waals surface area (Å²) in [5.74, 6) is 0.153. The molecule has 0 bridgehead atoms. The molecular formula is C10H10OS2. The summed E-state index contributed by atoms with van der Waals surface area (Å²) in [6.45, 7) is 1.99. The summed E-state index contributed by atoms with van der Waals surface area (Å²) in [5, 5.41) is 9.51. The molecule has 1 N–H and O–H groups in total. The number of thiol groups is 1. The molecular weight excluding hydrogens is 200 g/mol. The maximum absolute atomic E-state index is 9.51. The Morgan fingerprint density at radius 2 is 1.92 bits per heavy atom. The van der Waals surface area contributed by atoms with Crippen molar-refractivity contribution in [3.63, 3.8) is 0 Å². The standard InChI is InChI=1S/C10H10OS2/c1-7-2-4-8(5-3-7)9(11)6-10(12)13/h2-6,11H,1H3,(H,12,13)/b9-6-. The van der Waals surface area contributed by atoms with Crippen LogP contribution in [0.5, 0.6) is 0 Å². The van der Waals surface area contributed by atoms with Gasteiger partial charge in [-0.2, -0.15) is 0 Å². The average molecular weight is 210 g/mol. The minimum Gasteiger partial charge on any atom is -0.507 e. The van der Waals surface area contributed by atoms with Gasteiger partial charge in [-0.1, -0.05) is 42.0 Å². The summed E-state index contributed by atoms with van der Waals surface area (Å²) < 4.78 is 0.373. The number of aryl methyl sites for hydroxylation is 1. The summed E-state index contributed by atoms with van der Waals surface area (Å²) in [5.41, 5.74) is 1.91. The molecule has 0 saturated heterocycles. The smallest absolute Gasteiger partial charge is 0.124 e. The zero-order valence-electron chi connectivity index (χ0n) is 7.19. The third-order valence-corrected chi connectivity index (χ3v) is 1.85. The van der Waals surface area contributed by atoms with Crippen LogP contribution in [-0.2, 0) is 0 Å². The van der Waals surface area contributed by atoms with E-state index >= 15 is 0 Å². The van der Waals surface area contributed by atoms with Gasteiger partial charge < -0.3 is 5.11 Å². The number of aliphatic hydroxyl groups is 1. The van der Waals surface area contributed by atoms with Crippen molar-refractivity contribution < 1.29 is 5.11 Å². The molecule has 0 atom stereocenters. The van der Waals surface area contributed by atoms with Crippen molar-refractivity contribution in [3.8, 4) is 0 Å². The largest absolute Gasteiger partial charge is 0.507 e. The second-order valence-electron chi connectivity index (χ2n) is 2.73. The summed E-state index contributed by atoms with van der Waals surface area (Å²) >= 11 is 8.63. The summed E-state index contributed by atoms with van der Waals surface area (Å²) in [6.07, 6.45) is 1.45. The molecule has 1 rings (SSSR count). The molecule has 68 valence electrons. The first-order chi connectivity index (χ1) is 6.09. The number of thiocarbonyl (C=S) groups is 1. The molecule has 3 heteroatoms. The van der Waals surface area contributed by atoms with Crippen LogP contribution in [0.1, 0.15) is 11.1 Å². The first-order valence-corrected chi connectivity index (χ1v) is 4.66. The van der Waals surface area contributed by atoms with Crippen LogP contribution in [0.4, 0.5) is 0 Å². The molecule has 0 amide bonds. The number of hydrogen-bond acceptors (Lipinski definition) is 2. The van der Waals surface area contributed by atoms with Gasteiger partial charge in [0.2, 0.25) is 0 Å². The number of benzene rings is 1. The predicted molar refractivity (Wildman–Crippen MR) is 63.4 cm³/mol. The van der Waals surface area contributed by atoms with Crippen molar-refractivity contribution >= 4 is 34.8 Å². The van der Waals surface area contributed by atoms with Crippen LogP contribution in [0.2, 0.25) is 0 Å². The number of hydrogen-bond donors (Lipinski definition) is 2. The monoisotopic (exact) mass is 210 g/mol. The summed E-state index contributed by atoms with van der Waals surface area (Å²) in [6, 6.07) is 7.54. The lowest BCUT2D eigenvalue weighted by atomic mass is 10.1. The van der Waals surface area contributed by atoms with Gasteiger partial charge in [0.25, 0.3) is 0 Å². The van der Waals surface area contributed by atoms with E-state index < -0.39 is 0 Å². The van der Waals surface area contributed by atoms with E-state index in [-0.39, 0.29) is 5.76 Å². The Balaban J connectivity index is 2.96. The van der Waals surface area contributed by atoms with Crippen molar-refractivity contribution in [1.29, 1.82) is 0 Å². The topological polar surface area (TPSA) is 20.2 Å². The van der Waals surface area contributed by atoms with Gasteiger partial charge in [0.05, 0.1) is 4.20 Å². The van der Waals surface area contributed by atoms with Gasteiger partial charge in [-0.25, -0.2) is 0 Å². The second kappa shape index (κ2) is 4.44. The Hall–Kier alpha value is -0.800. The molecule has 13 heavy (non-hydrogen) atoms. The van der Waals surface area contributed by atoms with Gasteiger partial charge in [-0.15, -0.1) is 12.6 Å². The van der Waals surface area contributed by atoms with Crippen molar-refractivity contribution in [2.24, 2.45) is 0 Å². The molecule has 0 aromatic heterocycles. The van der Waals surface area contributed by atoms with E-state index in [1.54, 1.807) is 0 Å². The fourth-order valence-corrected chi connectivity index (χ4v) is 1.16. The zero-order valence-corrected chi connectivity index (χ0v) is 8.90. The Morgan fingerprint density at radius 1 is 1.38 bits per heavy atom. The molecule has 0 aliphatic carbocycles. The quantitative estimate of drug-likeness (QED) is 0.338. The van der Waals surface area contributed by atoms with Gasteiger partial charge in [-0.3, -0.25) is 0 Å². The lowest BCUT2D eigenvalue weighted by Gasteiger charge is -1.99. The van der Waals surface area contributed by atoms with Crippen molar-refractivity contribution in [2.45, 2.75) is 6.92 Å². The fraction of sp³-hybridized carbons (Fsp3) is 0.100. The molecule has 0 spiro atoms. The maximum Gasteiger partial charge on any atom is 0.124 e. The highest BCUT2D eigenvalue weighted by Crippen LogP contribution is 2.12. The molecule has 0 aliphatic heterocycles. The van der Waals surface area contributed by atoms with Gasteiger partial charge in [-0.05, 0) is 6.92 Å². The summed E-state index contributed by atoms with van der Waals surface area (Å²) in [7, 11) is 0. The van der Waals surface area contributed by atoms with Crippen molar-refractivity contribution in [3.05, 3.63) is 41.5 Å². The molecule has 0 fully saturated rings. The van der Waals surface area contributed by atoms with E-state index in [4.69, 9.17) is 12.2 Å². The molecule has 0 saturated carbocycles. The maximum atomic E-state index is 9.51. The highest BCUT2D eigenvalue weighted by atomic mass is 32.1. The number of aliphatic hydroxyl groups excluding tert-OH is 1. The van der Waals surface area contributed by atoms with Crippen molar-refractivity contribution in [2.75, 3.05) is 0 Å². The van der Waals surface area contributed by atoms with E-state index in [1.807, 2.05) is 31.2 Å². The highest BCUT2D eigenvalue weighted by Gasteiger charge is 1.97. The summed E-state index contributed by atoms with van der Waals surface area (Å²) in [4.78, 5) is 0. The predicted octanol–water partition coefficient (Wildman–Crippen LogP) is 3.15. The van der Waals surface area contributed by atoms with Gasteiger partial charge in [0, 0.05) is 11.6 Å².